The van der Waals surface area contributed by atoms with Gasteiger partial charge in [-0.05, 0) is 17.8 Å². The Bertz CT molecular complexity index is 208. The standard InChI is InChI=1S/C10H18N2/c1-7(6-11)12-8-9(2,3)10(8,4)5/h7-8,12H,1-5H3. The monoisotopic (exact) mass is 166 g/mol. The number of nitrogens with one attached hydrogen (secondary N) is 1. The average molecular weight is 166 g/mol. The molecule has 0 saturated heterocycles. The molecule has 1 saturated carbocycles. The summed E-state index contributed by atoms with van der Waals surface area (Å²) in [5.74, 6) is 0. The van der Waals surface area contributed by atoms with Crippen molar-refractivity contribution in [1.82, 2.24) is 5.32 Å². The molecule has 1 aliphatic carbocycles. The molecule has 0 aliphatic heterocycles. The molecule has 0 spiro atoms. The second-order valence-electron chi connectivity index (χ2n) is 4.89. The quantitative estimate of drug-likeness (QED) is 0.680. The van der Waals surface area contributed by atoms with Gasteiger partial charge in [-0.25, -0.2) is 0 Å². The maximum Gasteiger partial charge on any atom is 0.0926 e. The Morgan fingerprint density at radius 1 is 1.25 bits per heavy atom. The lowest BCUT2D eigenvalue weighted by molar-refractivity contribution is 0.457. The molecule has 1 rings (SSSR count). The van der Waals surface area contributed by atoms with E-state index >= 15 is 0 Å². The zero-order chi connectivity index (χ0) is 9.57. The number of nitriles is 1. The van der Waals surface area contributed by atoms with E-state index in [1.807, 2.05) is 6.92 Å². The predicted molar refractivity (Wildman–Crippen MR) is 49.6 cm³/mol. The van der Waals surface area contributed by atoms with Crippen LogP contribution in [0.1, 0.15) is 34.6 Å². The molecule has 1 unspecified atom stereocenters. The number of rotatable bonds is 2. The third-order valence-corrected chi connectivity index (χ3v) is 3.63. The van der Waals surface area contributed by atoms with Crippen molar-refractivity contribution in [2.45, 2.75) is 46.7 Å². The molecule has 2 nitrogen and oxygen atoms in total. The third kappa shape index (κ3) is 1.13. The molecule has 12 heavy (non-hydrogen) atoms. The van der Waals surface area contributed by atoms with E-state index in [0.29, 0.717) is 16.9 Å². The summed E-state index contributed by atoms with van der Waals surface area (Å²) in [6.45, 7) is 10.9. The van der Waals surface area contributed by atoms with Crippen molar-refractivity contribution < 1.29 is 0 Å². The maximum atomic E-state index is 8.64. The van der Waals surface area contributed by atoms with Crippen LogP contribution in [0.5, 0.6) is 0 Å². The fraction of sp³-hybridized carbons (Fsp3) is 0.900. The van der Waals surface area contributed by atoms with E-state index in [0.717, 1.165) is 0 Å². The van der Waals surface area contributed by atoms with Crippen molar-refractivity contribution in [2.75, 3.05) is 0 Å². The van der Waals surface area contributed by atoms with Gasteiger partial charge >= 0.3 is 0 Å². The summed E-state index contributed by atoms with van der Waals surface area (Å²) in [6.07, 6.45) is 0. The zero-order valence-corrected chi connectivity index (χ0v) is 8.60. The van der Waals surface area contributed by atoms with E-state index in [1.54, 1.807) is 0 Å². The average Bonchev–Trinajstić information content (AvgIpc) is 2.32. The first-order valence-electron chi connectivity index (χ1n) is 4.49. The summed E-state index contributed by atoms with van der Waals surface area (Å²) >= 11 is 0. The molecule has 68 valence electrons. The second-order valence-corrected chi connectivity index (χ2v) is 4.89. The highest BCUT2D eigenvalue weighted by Crippen LogP contribution is 2.62. The highest BCUT2D eigenvalue weighted by Gasteiger charge is 2.64. The number of hydrogen-bond acceptors (Lipinski definition) is 2. The van der Waals surface area contributed by atoms with Crippen molar-refractivity contribution in [3.8, 4) is 6.07 Å². The minimum Gasteiger partial charge on any atom is -0.298 e. The Kier molecular flexibility index (Phi) is 1.96. The van der Waals surface area contributed by atoms with E-state index in [1.165, 1.54) is 0 Å². The predicted octanol–water partition coefficient (Wildman–Crippen LogP) is 1.92. The lowest BCUT2D eigenvalue weighted by Crippen LogP contribution is -2.30. The summed E-state index contributed by atoms with van der Waals surface area (Å²) in [7, 11) is 0. The molecule has 2 heteroatoms. The van der Waals surface area contributed by atoms with Crippen molar-refractivity contribution >= 4 is 0 Å². The van der Waals surface area contributed by atoms with Gasteiger partial charge in [-0.3, -0.25) is 5.32 Å². The molecular weight excluding hydrogens is 148 g/mol. The van der Waals surface area contributed by atoms with Gasteiger partial charge in [0.25, 0.3) is 0 Å². The van der Waals surface area contributed by atoms with E-state index in [-0.39, 0.29) is 6.04 Å². The van der Waals surface area contributed by atoms with Gasteiger partial charge in [0, 0.05) is 6.04 Å². The lowest BCUT2D eigenvalue weighted by atomic mass is 10.0. The maximum absolute atomic E-state index is 8.64. The Morgan fingerprint density at radius 2 is 1.67 bits per heavy atom. The van der Waals surface area contributed by atoms with Crippen LogP contribution >= 0.6 is 0 Å². The zero-order valence-electron chi connectivity index (χ0n) is 8.60. The van der Waals surface area contributed by atoms with Crippen LogP contribution in [0.2, 0.25) is 0 Å². The summed E-state index contributed by atoms with van der Waals surface area (Å²) < 4.78 is 0. The van der Waals surface area contributed by atoms with Crippen LogP contribution in [0, 0.1) is 22.2 Å². The van der Waals surface area contributed by atoms with E-state index in [4.69, 9.17) is 5.26 Å². The first-order chi connectivity index (χ1) is 5.34. The van der Waals surface area contributed by atoms with Gasteiger partial charge in [0.1, 0.15) is 0 Å². The van der Waals surface area contributed by atoms with Gasteiger partial charge in [-0.1, -0.05) is 27.7 Å². The number of nitrogens with zero attached hydrogens (tertiary/aromatic N) is 1. The SMILES string of the molecule is CC(C#N)NC1C(C)(C)C1(C)C. The highest BCUT2D eigenvalue weighted by atomic mass is 15.1. The molecule has 0 aromatic carbocycles. The molecule has 0 aromatic rings. The topological polar surface area (TPSA) is 35.8 Å². The van der Waals surface area contributed by atoms with Crippen LogP contribution in [0.15, 0.2) is 0 Å². The van der Waals surface area contributed by atoms with Crippen LogP contribution in [0.4, 0.5) is 0 Å². The van der Waals surface area contributed by atoms with E-state index in [9.17, 15) is 0 Å². The minimum absolute atomic E-state index is 0.0314. The van der Waals surface area contributed by atoms with Crippen LogP contribution in [0.3, 0.4) is 0 Å². The van der Waals surface area contributed by atoms with Gasteiger partial charge in [-0.2, -0.15) is 5.26 Å². The number of hydrogen-bond donors (Lipinski definition) is 1. The Balaban J connectivity index is 2.56. The molecule has 0 heterocycles. The van der Waals surface area contributed by atoms with Gasteiger partial charge in [-0.15, -0.1) is 0 Å². The summed E-state index contributed by atoms with van der Waals surface area (Å²) in [5.41, 5.74) is 0.663. The molecule has 1 atom stereocenters. The van der Waals surface area contributed by atoms with Crippen LogP contribution in [0.25, 0.3) is 0 Å². The van der Waals surface area contributed by atoms with Crippen LogP contribution < -0.4 is 5.32 Å². The fourth-order valence-electron chi connectivity index (χ4n) is 1.90. The van der Waals surface area contributed by atoms with Crippen molar-refractivity contribution in [2.24, 2.45) is 10.8 Å². The smallest absolute Gasteiger partial charge is 0.0926 e. The molecule has 1 aliphatic rings. The van der Waals surface area contributed by atoms with Gasteiger partial charge in [0.05, 0.1) is 12.1 Å². The van der Waals surface area contributed by atoms with Crippen molar-refractivity contribution in [1.29, 1.82) is 5.26 Å². The molecule has 1 N–H and O–H groups in total. The fourth-order valence-corrected chi connectivity index (χ4v) is 1.90. The summed E-state index contributed by atoms with van der Waals surface area (Å²) in [4.78, 5) is 0. The van der Waals surface area contributed by atoms with Gasteiger partial charge < -0.3 is 0 Å². The van der Waals surface area contributed by atoms with E-state index < -0.39 is 0 Å². The normalized spacial score (nSPS) is 27.7. The molecule has 0 bridgehead atoms. The summed E-state index contributed by atoms with van der Waals surface area (Å²) in [5, 5.41) is 12.0. The first-order valence-corrected chi connectivity index (χ1v) is 4.49. The molecule has 1 fully saturated rings. The van der Waals surface area contributed by atoms with Crippen molar-refractivity contribution in [3.63, 3.8) is 0 Å². The Morgan fingerprint density at radius 3 is 1.92 bits per heavy atom. The van der Waals surface area contributed by atoms with Gasteiger partial charge in [0.2, 0.25) is 0 Å². The van der Waals surface area contributed by atoms with Crippen LogP contribution in [-0.4, -0.2) is 12.1 Å². The molecule has 0 radical (unpaired) electrons. The Labute approximate surface area is 75.0 Å². The lowest BCUT2D eigenvalue weighted by Gasteiger charge is -2.06. The van der Waals surface area contributed by atoms with Crippen LogP contribution in [-0.2, 0) is 0 Å². The summed E-state index contributed by atoms with van der Waals surface area (Å²) in [6, 6.07) is 2.66. The Hall–Kier alpha value is -0.550. The molecule has 0 amide bonds. The van der Waals surface area contributed by atoms with Gasteiger partial charge in [0.15, 0.2) is 0 Å². The van der Waals surface area contributed by atoms with E-state index in [2.05, 4.69) is 39.1 Å². The third-order valence-electron chi connectivity index (χ3n) is 3.63. The second kappa shape index (κ2) is 2.47. The highest BCUT2D eigenvalue weighted by molar-refractivity contribution is 5.19. The van der Waals surface area contributed by atoms with Crippen molar-refractivity contribution in [3.05, 3.63) is 0 Å². The molecule has 0 aromatic heterocycles. The molecular formula is C10H18N2. The first kappa shape index (κ1) is 9.54. The minimum atomic E-state index is -0.0314. The largest absolute Gasteiger partial charge is 0.298 e.